The van der Waals surface area contributed by atoms with Gasteiger partial charge in [-0.1, -0.05) is 151 Å². The summed E-state index contributed by atoms with van der Waals surface area (Å²) < 4.78 is 62.2. The number of amides is 5. The van der Waals surface area contributed by atoms with Crippen LogP contribution in [-0.2, 0) is 32.0 Å². The molecule has 4 aromatic carbocycles. The highest BCUT2D eigenvalue weighted by molar-refractivity contribution is 5.96. The lowest BCUT2D eigenvalue weighted by molar-refractivity contribution is -0.152. The summed E-state index contributed by atoms with van der Waals surface area (Å²) >= 11 is 0. The largest absolute Gasteiger partial charge is 0.344 e. The number of alkyl halides is 4. The molecule has 2 saturated heterocycles. The number of carbonyl (C=O) groups excluding carboxylic acids is 6. The predicted octanol–water partition coefficient (Wildman–Crippen LogP) is 12.9. The summed E-state index contributed by atoms with van der Waals surface area (Å²) in [6, 6.07) is 30.2. The number of benzene rings is 4. The molecule has 4 aromatic rings. The molecule has 5 amide bonds. The molecule has 2 aliphatic carbocycles. The SMILES string of the molecule is CC[C@@H](C)C(=O)N[C@H](C(=O)N1CCC(F)(F)C[C@H]1CN(CCc1ccccc1)C(=O)c1ccc(-c2ccc(C(=O)N(CCc3ccccc3)C[C@@H]3CC(F)(F)CCN3C(=O)[C@@H](CC(=O)C(C)C)C3CCCCC3)cc2)cc1)C1CCCCC1. The first-order valence-electron chi connectivity index (χ1n) is 30.9. The Balaban J connectivity index is 1.02. The third-order valence-corrected chi connectivity index (χ3v) is 18.4. The van der Waals surface area contributed by atoms with Crippen molar-refractivity contribution in [2.75, 3.05) is 39.3 Å². The van der Waals surface area contributed by atoms with Crippen LogP contribution < -0.4 is 5.32 Å². The molecule has 448 valence electrons. The average Bonchev–Trinajstić information content (AvgIpc) is 3.50. The second-order valence-electron chi connectivity index (χ2n) is 24.6. The van der Waals surface area contributed by atoms with Crippen LogP contribution in [0.5, 0.6) is 0 Å². The topological polar surface area (TPSA) is 127 Å². The minimum atomic E-state index is -3.07. The van der Waals surface area contributed by atoms with E-state index in [9.17, 15) is 28.8 Å². The normalized spacial score (nSPS) is 20.4. The molecule has 2 saturated carbocycles. The van der Waals surface area contributed by atoms with E-state index in [1.807, 2.05) is 88.4 Å². The molecule has 5 atom stereocenters. The van der Waals surface area contributed by atoms with Gasteiger partial charge in [-0.3, -0.25) is 28.8 Å². The van der Waals surface area contributed by atoms with Crippen LogP contribution in [0, 0.1) is 29.6 Å². The summed E-state index contributed by atoms with van der Waals surface area (Å²) in [6.45, 7) is 7.14. The van der Waals surface area contributed by atoms with Gasteiger partial charge < -0.3 is 24.9 Å². The quantitative estimate of drug-likeness (QED) is 0.0737. The molecule has 1 N–H and O–H groups in total. The van der Waals surface area contributed by atoms with E-state index in [1.165, 1.54) is 4.90 Å². The fourth-order valence-corrected chi connectivity index (χ4v) is 13.0. The van der Waals surface area contributed by atoms with Crippen LogP contribution in [0.1, 0.15) is 162 Å². The Kier molecular flexibility index (Phi) is 21.8. The molecular formula is C68H87F4N5O6. The number of Topliss-reactive ketones (excluding diaryl/α,β-unsaturated/α-hetero) is 1. The molecule has 4 fully saturated rings. The molecule has 2 heterocycles. The minimum absolute atomic E-state index is 0.0107. The Hall–Kier alpha value is -6.38. The van der Waals surface area contributed by atoms with Gasteiger partial charge >= 0.3 is 0 Å². The van der Waals surface area contributed by atoms with Gasteiger partial charge in [-0.25, -0.2) is 17.6 Å². The first kappa shape index (κ1) is 62.7. The van der Waals surface area contributed by atoms with E-state index in [1.54, 1.807) is 63.2 Å². The maximum absolute atomic E-state index is 15.6. The summed E-state index contributed by atoms with van der Waals surface area (Å²) in [5.41, 5.74) is 4.03. The number of nitrogens with one attached hydrogen (secondary N) is 1. The highest BCUT2D eigenvalue weighted by Crippen LogP contribution is 2.39. The third kappa shape index (κ3) is 16.9. The van der Waals surface area contributed by atoms with Crippen molar-refractivity contribution < 1.29 is 46.3 Å². The molecule has 15 heteroatoms. The van der Waals surface area contributed by atoms with Crippen molar-refractivity contribution in [2.45, 2.75) is 173 Å². The highest BCUT2D eigenvalue weighted by Gasteiger charge is 2.48. The maximum Gasteiger partial charge on any atom is 0.253 e. The van der Waals surface area contributed by atoms with Gasteiger partial charge in [0, 0.05) is 100 Å². The number of nitrogens with zero attached hydrogens (tertiary/aromatic N) is 4. The van der Waals surface area contributed by atoms with E-state index in [4.69, 9.17) is 0 Å². The van der Waals surface area contributed by atoms with E-state index in [0.29, 0.717) is 30.4 Å². The Morgan fingerprint density at radius 2 is 0.988 bits per heavy atom. The fraction of sp³-hybridized carbons (Fsp3) is 0.559. The number of hydrogen-bond acceptors (Lipinski definition) is 6. The number of ketones is 1. The van der Waals surface area contributed by atoms with E-state index >= 15 is 17.6 Å². The van der Waals surface area contributed by atoms with Gasteiger partial charge in [0.15, 0.2) is 0 Å². The van der Waals surface area contributed by atoms with Crippen LogP contribution in [0.2, 0.25) is 0 Å². The Bertz CT molecular complexity index is 2790. The zero-order valence-corrected chi connectivity index (χ0v) is 49.2. The van der Waals surface area contributed by atoms with Crippen molar-refractivity contribution in [1.29, 1.82) is 0 Å². The second-order valence-corrected chi connectivity index (χ2v) is 24.6. The Morgan fingerprint density at radius 1 is 0.566 bits per heavy atom. The van der Waals surface area contributed by atoms with Gasteiger partial charge in [-0.05, 0) is 103 Å². The minimum Gasteiger partial charge on any atom is -0.344 e. The molecule has 83 heavy (non-hydrogen) atoms. The summed E-state index contributed by atoms with van der Waals surface area (Å²) in [7, 11) is 0. The van der Waals surface area contributed by atoms with Crippen molar-refractivity contribution in [3.05, 3.63) is 131 Å². The third-order valence-electron chi connectivity index (χ3n) is 18.4. The summed E-state index contributed by atoms with van der Waals surface area (Å²) in [6.07, 6.45) is 8.28. The van der Waals surface area contributed by atoms with Gasteiger partial charge in [0.05, 0.1) is 12.1 Å². The van der Waals surface area contributed by atoms with E-state index in [-0.39, 0.29) is 105 Å². The van der Waals surface area contributed by atoms with E-state index in [2.05, 4.69) is 5.32 Å². The van der Waals surface area contributed by atoms with Crippen LogP contribution in [0.15, 0.2) is 109 Å². The molecule has 0 unspecified atom stereocenters. The predicted molar refractivity (Wildman–Crippen MR) is 316 cm³/mol. The number of hydrogen-bond donors (Lipinski definition) is 1. The first-order chi connectivity index (χ1) is 39.8. The number of rotatable bonds is 23. The van der Waals surface area contributed by atoms with Gasteiger partial charge in [0.2, 0.25) is 17.7 Å². The molecule has 0 aromatic heterocycles. The van der Waals surface area contributed by atoms with Gasteiger partial charge in [-0.2, -0.15) is 0 Å². The zero-order chi connectivity index (χ0) is 59.3. The summed E-state index contributed by atoms with van der Waals surface area (Å²) in [5.74, 6) is -9.10. The molecule has 2 aliphatic heterocycles. The first-order valence-corrected chi connectivity index (χ1v) is 30.9. The van der Waals surface area contributed by atoms with Gasteiger partial charge in [-0.15, -0.1) is 0 Å². The number of piperidine rings is 2. The van der Waals surface area contributed by atoms with E-state index < -0.39 is 61.6 Å². The standard InChI is InChI=1S/C68H87F4N5O6/c1-5-48(4)62(79)73-61(54-24-16-9-17-25-54)66(83)77-41-37-68(71,72)44-58(77)46-75(39-35-50-20-12-7-13-21-50)64(81)56-32-28-52(29-33-56)51-26-30-55(31-27-51)63(80)74(38-34-49-18-10-6-11-19-49)45-57-43-67(69,70)36-40-76(57)65(82)59(42-60(78)47(2)3)53-22-14-8-15-23-53/h6-7,10-13,18-21,26-33,47-48,53-54,57-59,61H,5,8-9,14-17,22-25,34-46H2,1-4H3,(H,73,79)/t48-,57+,58+,59+,61+/m1/s1. The average molecular weight is 1150 g/mol. The molecule has 11 nitrogen and oxygen atoms in total. The molecular weight excluding hydrogens is 1060 g/mol. The van der Waals surface area contributed by atoms with Crippen molar-refractivity contribution in [3.8, 4) is 11.1 Å². The number of carbonyl (C=O) groups is 6. The van der Waals surface area contributed by atoms with Crippen LogP contribution in [-0.4, -0.2) is 124 Å². The van der Waals surface area contributed by atoms with Crippen molar-refractivity contribution in [1.82, 2.24) is 24.9 Å². The molecule has 8 rings (SSSR count). The van der Waals surface area contributed by atoms with E-state index in [0.717, 1.165) is 86.5 Å². The Morgan fingerprint density at radius 3 is 1.41 bits per heavy atom. The number of likely N-dealkylation sites (tertiary alicyclic amines) is 2. The Labute approximate surface area is 489 Å². The van der Waals surface area contributed by atoms with Crippen molar-refractivity contribution in [2.24, 2.45) is 29.6 Å². The van der Waals surface area contributed by atoms with Crippen LogP contribution >= 0.6 is 0 Å². The maximum atomic E-state index is 15.6. The van der Waals surface area contributed by atoms with Gasteiger partial charge in [0.25, 0.3) is 23.7 Å². The molecule has 0 radical (unpaired) electrons. The molecule has 4 aliphatic rings. The van der Waals surface area contributed by atoms with Crippen LogP contribution in [0.3, 0.4) is 0 Å². The second kappa shape index (κ2) is 28.9. The molecule has 0 spiro atoms. The fourth-order valence-electron chi connectivity index (χ4n) is 13.0. The highest BCUT2D eigenvalue weighted by atomic mass is 19.3. The zero-order valence-electron chi connectivity index (χ0n) is 49.2. The molecule has 0 bridgehead atoms. The summed E-state index contributed by atoms with van der Waals surface area (Å²) in [4.78, 5) is 91.8. The monoisotopic (exact) mass is 1150 g/mol. The lowest BCUT2D eigenvalue weighted by Gasteiger charge is -2.44. The summed E-state index contributed by atoms with van der Waals surface area (Å²) in [5, 5.41) is 3.05. The lowest BCUT2D eigenvalue weighted by Crippen LogP contribution is -2.61. The lowest BCUT2D eigenvalue weighted by atomic mass is 9.76. The van der Waals surface area contributed by atoms with Crippen molar-refractivity contribution >= 4 is 35.3 Å². The van der Waals surface area contributed by atoms with Crippen molar-refractivity contribution in [3.63, 3.8) is 0 Å². The van der Waals surface area contributed by atoms with Crippen LogP contribution in [0.4, 0.5) is 17.6 Å². The van der Waals surface area contributed by atoms with Gasteiger partial charge in [0.1, 0.15) is 11.8 Å². The smallest absolute Gasteiger partial charge is 0.253 e. The van der Waals surface area contributed by atoms with Crippen LogP contribution in [0.25, 0.3) is 11.1 Å². The number of halogens is 4.